The molecule has 0 saturated carbocycles. The van der Waals surface area contributed by atoms with E-state index < -0.39 is 26.6 Å². The van der Waals surface area contributed by atoms with Crippen molar-refractivity contribution in [3.8, 4) is 11.4 Å². The van der Waals surface area contributed by atoms with E-state index in [1.165, 1.54) is 27.3 Å². The Kier molecular flexibility index (Phi) is 7.44. The van der Waals surface area contributed by atoms with E-state index in [1.54, 1.807) is 50.2 Å². The van der Waals surface area contributed by atoms with E-state index in [4.69, 9.17) is 16.3 Å². The van der Waals surface area contributed by atoms with Crippen LogP contribution in [0.1, 0.15) is 19.4 Å². The molecule has 3 aromatic rings. The number of halogens is 2. The molecule has 1 aromatic heterocycles. The van der Waals surface area contributed by atoms with Gasteiger partial charge >= 0.3 is 5.56 Å². The Bertz CT molecular complexity index is 1370. The lowest BCUT2D eigenvalue weighted by Gasteiger charge is -2.36. The van der Waals surface area contributed by atoms with Gasteiger partial charge in [0.05, 0.1) is 17.1 Å². The van der Waals surface area contributed by atoms with Gasteiger partial charge in [-0.25, -0.2) is 12.8 Å². The summed E-state index contributed by atoms with van der Waals surface area (Å²) in [6.07, 6.45) is 1.52. The summed E-state index contributed by atoms with van der Waals surface area (Å²) in [5.74, 6) is -0.357. The molecule has 35 heavy (non-hydrogen) atoms. The molecule has 11 heteroatoms. The molecule has 1 aliphatic heterocycles. The van der Waals surface area contributed by atoms with Crippen LogP contribution in [0.15, 0.2) is 59.5 Å². The molecule has 0 bridgehead atoms. The largest absolute Gasteiger partial charge is 0.481 e. The lowest BCUT2D eigenvalue weighted by Crippen LogP contribution is -2.50. The van der Waals surface area contributed by atoms with E-state index in [2.05, 4.69) is 5.10 Å². The van der Waals surface area contributed by atoms with Gasteiger partial charge in [-0.15, -0.1) is 0 Å². The van der Waals surface area contributed by atoms with Crippen molar-refractivity contribution in [2.45, 2.75) is 25.7 Å². The molecular formula is C24H26ClFN4O4S. The summed E-state index contributed by atoms with van der Waals surface area (Å²) < 4.78 is 47.3. The molecule has 4 rings (SSSR count). The maximum Gasteiger partial charge on any atom is 0.316 e. The van der Waals surface area contributed by atoms with Crippen LogP contribution < -0.4 is 15.2 Å². The summed E-state index contributed by atoms with van der Waals surface area (Å²) in [6.45, 7) is 4.57. The third-order valence-electron chi connectivity index (χ3n) is 5.77. The van der Waals surface area contributed by atoms with Crippen molar-refractivity contribution in [1.29, 1.82) is 0 Å². The van der Waals surface area contributed by atoms with Gasteiger partial charge in [0.2, 0.25) is 15.8 Å². The Morgan fingerprint density at radius 2 is 1.80 bits per heavy atom. The predicted octanol–water partition coefficient (Wildman–Crippen LogP) is 3.46. The third kappa shape index (κ3) is 5.50. The van der Waals surface area contributed by atoms with Crippen LogP contribution in [0.25, 0.3) is 5.69 Å². The maximum atomic E-state index is 13.6. The summed E-state index contributed by atoms with van der Waals surface area (Å²) in [6, 6.07) is 12.7. The first-order chi connectivity index (χ1) is 16.7. The molecule has 0 unspecified atom stereocenters. The minimum atomic E-state index is -3.38. The molecule has 0 amide bonds. The van der Waals surface area contributed by atoms with Crippen molar-refractivity contribution in [1.82, 2.24) is 14.1 Å². The lowest BCUT2D eigenvalue weighted by atomic mass is 10.2. The number of rotatable bonds is 7. The number of aromatic nitrogens is 2. The first-order valence-electron chi connectivity index (χ1n) is 11.2. The number of ether oxygens (including phenoxy) is 1. The van der Waals surface area contributed by atoms with Crippen LogP contribution in [-0.4, -0.2) is 53.9 Å². The molecular weight excluding hydrogens is 495 g/mol. The van der Waals surface area contributed by atoms with Crippen LogP contribution >= 0.6 is 11.6 Å². The topological polar surface area (TPSA) is 84.7 Å². The standard InChI is InChI=1S/C24H26ClFN4O4S/c1-17(2)35(32,33)29-11-9-28(10-12-29)22-15-27-30(21-8-4-6-19(25)14-21)24(31)23(22)34-16-18-5-3-7-20(26)13-18/h3-8,13-15,17H,9-12,16H2,1-2H3. The summed E-state index contributed by atoms with van der Waals surface area (Å²) in [5.41, 5.74) is 0.983. The van der Waals surface area contributed by atoms with Crippen molar-refractivity contribution in [2.24, 2.45) is 0 Å². The van der Waals surface area contributed by atoms with Crippen molar-refractivity contribution in [2.75, 3.05) is 31.1 Å². The van der Waals surface area contributed by atoms with Gasteiger partial charge in [-0.1, -0.05) is 29.8 Å². The molecule has 186 valence electrons. The molecule has 8 nitrogen and oxygen atoms in total. The summed E-state index contributed by atoms with van der Waals surface area (Å²) in [7, 11) is -3.38. The SMILES string of the molecule is CC(C)S(=O)(=O)N1CCN(c2cnn(-c3cccc(Cl)c3)c(=O)c2OCc2cccc(F)c2)CC1. The van der Waals surface area contributed by atoms with Gasteiger partial charge in [0.15, 0.2) is 0 Å². The van der Waals surface area contributed by atoms with Crippen molar-refractivity contribution in [3.05, 3.63) is 81.5 Å². The van der Waals surface area contributed by atoms with Gasteiger partial charge in [0.25, 0.3) is 0 Å². The molecule has 0 atom stereocenters. The van der Waals surface area contributed by atoms with E-state index in [1.807, 2.05) is 4.90 Å². The zero-order chi connectivity index (χ0) is 25.2. The zero-order valence-electron chi connectivity index (χ0n) is 19.4. The molecule has 1 fully saturated rings. The van der Waals surface area contributed by atoms with Crippen molar-refractivity contribution >= 4 is 27.3 Å². The zero-order valence-corrected chi connectivity index (χ0v) is 21.0. The average molecular weight is 521 g/mol. The maximum absolute atomic E-state index is 13.6. The van der Waals surface area contributed by atoms with E-state index in [0.29, 0.717) is 35.1 Å². The van der Waals surface area contributed by atoms with Crippen LogP contribution in [0.4, 0.5) is 10.1 Å². The number of nitrogens with zero attached hydrogens (tertiary/aromatic N) is 4. The van der Waals surface area contributed by atoms with E-state index >= 15 is 0 Å². The number of sulfonamides is 1. The molecule has 0 radical (unpaired) electrons. The molecule has 1 aliphatic rings. The van der Waals surface area contributed by atoms with Crippen molar-refractivity contribution in [3.63, 3.8) is 0 Å². The number of hydrogen-bond donors (Lipinski definition) is 0. The van der Waals surface area contributed by atoms with Gasteiger partial charge in [-0.3, -0.25) is 4.79 Å². The quantitative estimate of drug-likeness (QED) is 0.474. The fourth-order valence-electron chi connectivity index (χ4n) is 3.85. The Labute approximate surface area is 208 Å². The normalized spacial score (nSPS) is 14.9. The number of benzene rings is 2. The fourth-order valence-corrected chi connectivity index (χ4v) is 5.30. The van der Waals surface area contributed by atoms with Gasteiger partial charge in [0.1, 0.15) is 18.1 Å². The summed E-state index contributed by atoms with van der Waals surface area (Å²) in [4.78, 5) is 15.3. The van der Waals surface area contributed by atoms with E-state index in [0.717, 1.165) is 0 Å². The minimum Gasteiger partial charge on any atom is -0.481 e. The highest BCUT2D eigenvalue weighted by Gasteiger charge is 2.31. The Morgan fingerprint density at radius 3 is 2.46 bits per heavy atom. The van der Waals surface area contributed by atoms with Crippen molar-refractivity contribution < 1.29 is 17.5 Å². The summed E-state index contributed by atoms with van der Waals surface area (Å²) in [5, 5.41) is 4.26. The first-order valence-corrected chi connectivity index (χ1v) is 13.0. The Balaban J connectivity index is 1.67. The second kappa shape index (κ2) is 10.3. The van der Waals surface area contributed by atoms with Crippen LogP contribution in [0.2, 0.25) is 5.02 Å². The first kappa shape index (κ1) is 25.2. The molecule has 1 saturated heterocycles. The van der Waals surface area contributed by atoms with Crippen LogP contribution in [0, 0.1) is 5.82 Å². The average Bonchev–Trinajstić information content (AvgIpc) is 2.83. The minimum absolute atomic E-state index is 0.0265. The second-order valence-electron chi connectivity index (χ2n) is 8.45. The smallest absolute Gasteiger partial charge is 0.316 e. The fraction of sp³-hybridized carbons (Fsp3) is 0.333. The van der Waals surface area contributed by atoms with Crippen LogP contribution in [-0.2, 0) is 16.6 Å². The van der Waals surface area contributed by atoms with Crippen LogP contribution in [0.3, 0.4) is 0 Å². The molecule has 0 aliphatic carbocycles. The summed E-state index contributed by atoms with van der Waals surface area (Å²) >= 11 is 6.10. The highest BCUT2D eigenvalue weighted by atomic mass is 35.5. The van der Waals surface area contributed by atoms with Crippen LogP contribution in [0.5, 0.6) is 5.75 Å². The molecule has 0 spiro atoms. The van der Waals surface area contributed by atoms with Gasteiger partial charge < -0.3 is 9.64 Å². The third-order valence-corrected chi connectivity index (χ3v) is 8.29. The Morgan fingerprint density at radius 1 is 1.09 bits per heavy atom. The lowest BCUT2D eigenvalue weighted by molar-refractivity contribution is 0.297. The molecule has 2 aromatic carbocycles. The van der Waals surface area contributed by atoms with E-state index in [9.17, 15) is 17.6 Å². The molecule has 0 N–H and O–H groups in total. The van der Waals surface area contributed by atoms with Gasteiger partial charge in [0, 0.05) is 31.2 Å². The van der Waals surface area contributed by atoms with E-state index in [-0.39, 0.29) is 25.4 Å². The number of hydrogen-bond acceptors (Lipinski definition) is 6. The van der Waals surface area contributed by atoms with Gasteiger partial charge in [-0.2, -0.15) is 14.1 Å². The Hall–Kier alpha value is -2.95. The highest BCUT2D eigenvalue weighted by Crippen LogP contribution is 2.27. The predicted molar refractivity (Wildman–Crippen MR) is 133 cm³/mol. The van der Waals surface area contributed by atoms with Gasteiger partial charge in [-0.05, 0) is 49.7 Å². The second-order valence-corrected chi connectivity index (χ2v) is 11.4. The molecule has 2 heterocycles. The monoisotopic (exact) mass is 520 g/mol. The number of anilines is 1. The highest BCUT2D eigenvalue weighted by molar-refractivity contribution is 7.89. The number of piperazine rings is 1.